The maximum atomic E-state index is 6.15. The molecule has 0 amide bonds. The van der Waals surface area contributed by atoms with Gasteiger partial charge in [-0.05, 0) is 29.2 Å². The summed E-state index contributed by atoms with van der Waals surface area (Å²) in [5.41, 5.74) is 8.66. The first-order chi connectivity index (χ1) is 8.16. The minimum atomic E-state index is 0.00219. The van der Waals surface area contributed by atoms with Crippen LogP contribution < -0.4 is 5.73 Å². The molecule has 1 atom stereocenters. The highest BCUT2D eigenvalue weighted by molar-refractivity contribution is 5.27. The van der Waals surface area contributed by atoms with Crippen molar-refractivity contribution in [2.24, 2.45) is 5.73 Å². The van der Waals surface area contributed by atoms with E-state index in [0.717, 1.165) is 17.7 Å². The Morgan fingerprint density at radius 2 is 1.71 bits per heavy atom. The Bertz CT molecular complexity index is 442. The minimum Gasteiger partial charge on any atom is -0.469 e. The molecule has 0 aliphatic carbocycles. The number of benzene rings is 1. The Balaban J connectivity index is 2.06. The van der Waals surface area contributed by atoms with Crippen molar-refractivity contribution in [1.29, 1.82) is 0 Å². The van der Waals surface area contributed by atoms with Gasteiger partial charge in [0.2, 0.25) is 0 Å². The average molecular weight is 229 g/mol. The molecule has 2 rings (SSSR count). The standard InChI is InChI=1S/C15H19NO/c1-11(2)12-5-7-13(8-6-12)15(16)10-14-4-3-9-17-14/h3-9,11,15H,10,16H2,1-2H3. The summed E-state index contributed by atoms with van der Waals surface area (Å²) in [5, 5.41) is 0. The first-order valence-electron chi connectivity index (χ1n) is 6.04. The van der Waals surface area contributed by atoms with Crippen LogP contribution >= 0.6 is 0 Å². The number of furan rings is 1. The fourth-order valence-electron chi connectivity index (χ4n) is 1.89. The lowest BCUT2D eigenvalue weighted by Gasteiger charge is -2.12. The Labute approximate surface area is 102 Å². The van der Waals surface area contributed by atoms with Crippen LogP contribution in [0.15, 0.2) is 47.1 Å². The molecule has 1 aromatic heterocycles. The molecular weight excluding hydrogens is 210 g/mol. The summed E-state index contributed by atoms with van der Waals surface area (Å²) < 4.78 is 5.31. The second-order valence-corrected chi connectivity index (χ2v) is 4.71. The fourth-order valence-corrected chi connectivity index (χ4v) is 1.89. The van der Waals surface area contributed by atoms with Gasteiger partial charge < -0.3 is 10.2 Å². The van der Waals surface area contributed by atoms with E-state index >= 15 is 0 Å². The molecule has 0 saturated heterocycles. The fraction of sp³-hybridized carbons (Fsp3) is 0.333. The molecular formula is C15H19NO. The predicted octanol–water partition coefficient (Wildman–Crippen LogP) is 3.65. The molecule has 90 valence electrons. The lowest BCUT2D eigenvalue weighted by atomic mass is 9.98. The molecule has 2 nitrogen and oxygen atoms in total. The zero-order valence-corrected chi connectivity index (χ0v) is 10.4. The van der Waals surface area contributed by atoms with Crippen molar-refractivity contribution in [3.05, 3.63) is 59.5 Å². The summed E-state index contributed by atoms with van der Waals surface area (Å²) in [6.07, 6.45) is 2.43. The Morgan fingerprint density at radius 1 is 1.06 bits per heavy atom. The normalized spacial score (nSPS) is 12.9. The van der Waals surface area contributed by atoms with Gasteiger partial charge in [-0.25, -0.2) is 0 Å². The van der Waals surface area contributed by atoms with Gasteiger partial charge in [0.15, 0.2) is 0 Å². The van der Waals surface area contributed by atoms with Gasteiger partial charge in [-0.3, -0.25) is 0 Å². The van der Waals surface area contributed by atoms with E-state index in [-0.39, 0.29) is 6.04 Å². The van der Waals surface area contributed by atoms with Crippen molar-refractivity contribution in [2.45, 2.75) is 32.2 Å². The van der Waals surface area contributed by atoms with Gasteiger partial charge in [0.05, 0.1) is 6.26 Å². The molecule has 0 aliphatic rings. The maximum Gasteiger partial charge on any atom is 0.105 e. The molecule has 2 aromatic rings. The molecule has 2 heteroatoms. The summed E-state index contributed by atoms with van der Waals surface area (Å²) in [6, 6.07) is 12.4. The highest BCUT2D eigenvalue weighted by Crippen LogP contribution is 2.20. The van der Waals surface area contributed by atoms with Crippen LogP contribution in [0, 0.1) is 0 Å². The van der Waals surface area contributed by atoms with Crippen LogP contribution in [0.4, 0.5) is 0 Å². The van der Waals surface area contributed by atoms with Gasteiger partial charge >= 0.3 is 0 Å². The van der Waals surface area contributed by atoms with Crippen molar-refractivity contribution in [3.63, 3.8) is 0 Å². The molecule has 17 heavy (non-hydrogen) atoms. The molecule has 0 fully saturated rings. The van der Waals surface area contributed by atoms with Crippen LogP contribution in [0.1, 0.15) is 42.7 Å². The maximum absolute atomic E-state index is 6.15. The SMILES string of the molecule is CC(C)c1ccc(C(N)Cc2ccco2)cc1. The van der Waals surface area contributed by atoms with Crippen molar-refractivity contribution in [1.82, 2.24) is 0 Å². The molecule has 1 aromatic carbocycles. The molecule has 0 aliphatic heterocycles. The highest BCUT2D eigenvalue weighted by atomic mass is 16.3. The van der Waals surface area contributed by atoms with Crippen LogP contribution in [0.25, 0.3) is 0 Å². The largest absolute Gasteiger partial charge is 0.469 e. The van der Waals surface area contributed by atoms with E-state index in [1.807, 2.05) is 12.1 Å². The summed E-state index contributed by atoms with van der Waals surface area (Å²) in [7, 11) is 0. The second-order valence-electron chi connectivity index (χ2n) is 4.71. The van der Waals surface area contributed by atoms with Crippen molar-refractivity contribution in [2.75, 3.05) is 0 Å². The quantitative estimate of drug-likeness (QED) is 0.869. The third kappa shape index (κ3) is 2.98. The molecule has 1 heterocycles. The Kier molecular flexibility index (Phi) is 3.64. The number of rotatable bonds is 4. The van der Waals surface area contributed by atoms with E-state index in [1.54, 1.807) is 6.26 Å². The molecule has 0 bridgehead atoms. The smallest absolute Gasteiger partial charge is 0.105 e. The molecule has 1 unspecified atom stereocenters. The Morgan fingerprint density at radius 3 is 2.24 bits per heavy atom. The molecule has 0 saturated carbocycles. The number of hydrogen-bond acceptors (Lipinski definition) is 2. The van der Waals surface area contributed by atoms with E-state index < -0.39 is 0 Å². The van der Waals surface area contributed by atoms with Crippen LogP contribution in [0.2, 0.25) is 0 Å². The lowest BCUT2D eigenvalue weighted by molar-refractivity contribution is 0.488. The third-order valence-corrected chi connectivity index (χ3v) is 3.03. The predicted molar refractivity (Wildman–Crippen MR) is 69.9 cm³/mol. The molecule has 2 N–H and O–H groups in total. The topological polar surface area (TPSA) is 39.2 Å². The zero-order chi connectivity index (χ0) is 12.3. The first-order valence-corrected chi connectivity index (χ1v) is 6.04. The van der Waals surface area contributed by atoms with Gasteiger partial charge in [0, 0.05) is 12.5 Å². The lowest BCUT2D eigenvalue weighted by Crippen LogP contribution is -2.12. The van der Waals surface area contributed by atoms with Crippen LogP contribution in [0.3, 0.4) is 0 Å². The summed E-state index contributed by atoms with van der Waals surface area (Å²) in [5.74, 6) is 1.50. The van der Waals surface area contributed by atoms with Gasteiger partial charge in [0.1, 0.15) is 5.76 Å². The average Bonchev–Trinajstić information content (AvgIpc) is 2.82. The Hall–Kier alpha value is -1.54. The van der Waals surface area contributed by atoms with Gasteiger partial charge in [-0.2, -0.15) is 0 Å². The van der Waals surface area contributed by atoms with Crippen molar-refractivity contribution in [3.8, 4) is 0 Å². The van der Waals surface area contributed by atoms with Gasteiger partial charge in [0.25, 0.3) is 0 Å². The number of nitrogens with two attached hydrogens (primary N) is 1. The number of hydrogen-bond donors (Lipinski definition) is 1. The molecule has 0 spiro atoms. The zero-order valence-electron chi connectivity index (χ0n) is 10.4. The van der Waals surface area contributed by atoms with E-state index in [2.05, 4.69) is 38.1 Å². The minimum absolute atomic E-state index is 0.00219. The summed E-state index contributed by atoms with van der Waals surface area (Å²) in [6.45, 7) is 4.38. The van der Waals surface area contributed by atoms with Crippen molar-refractivity contribution >= 4 is 0 Å². The van der Waals surface area contributed by atoms with E-state index in [1.165, 1.54) is 5.56 Å². The molecule has 0 radical (unpaired) electrons. The van der Waals surface area contributed by atoms with Gasteiger partial charge in [-0.15, -0.1) is 0 Å². The van der Waals surface area contributed by atoms with Gasteiger partial charge in [-0.1, -0.05) is 38.1 Å². The van der Waals surface area contributed by atoms with Crippen molar-refractivity contribution < 1.29 is 4.42 Å². The van der Waals surface area contributed by atoms with Crippen LogP contribution in [-0.4, -0.2) is 0 Å². The van der Waals surface area contributed by atoms with Crippen LogP contribution in [-0.2, 0) is 6.42 Å². The van der Waals surface area contributed by atoms with E-state index in [9.17, 15) is 0 Å². The van der Waals surface area contributed by atoms with Crippen LogP contribution in [0.5, 0.6) is 0 Å². The van der Waals surface area contributed by atoms with E-state index in [0.29, 0.717) is 5.92 Å². The second kappa shape index (κ2) is 5.19. The third-order valence-electron chi connectivity index (χ3n) is 3.03. The first kappa shape index (κ1) is 11.9. The highest BCUT2D eigenvalue weighted by Gasteiger charge is 2.09. The summed E-state index contributed by atoms with van der Waals surface area (Å²) in [4.78, 5) is 0. The summed E-state index contributed by atoms with van der Waals surface area (Å²) >= 11 is 0. The van der Waals surface area contributed by atoms with E-state index in [4.69, 9.17) is 10.2 Å². The monoisotopic (exact) mass is 229 g/mol.